The van der Waals surface area contributed by atoms with Gasteiger partial charge in [0, 0.05) is 10.0 Å². The lowest BCUT2D eigenvalue weighted by molar-refractivity contribution is 0.242. The third kappa shape index (κ3) is 5.47. The highest BCUT2D eigenvalue weighted by Gasteiger charge is 2.13. The van der Waals surface area contributed by atoms with Crippen molar-refractivity contribution in [2.45, 2.75) is 24.8 Å². The molecule has 25 heavy (non-hydrogen) atoms. The lowest BCUT2D eigenvalue weighted by atomic mass is 10.2. The summed E-state index contributed by atoms with van der Waals surface area (Å²) in [6.45, 7) is 3.80. The predicted molar refractivity (Wildman–Crippen MR) is 101 cm³/mol. The third-order valence-electron chi connectivity index (χ3n) is 3.07. The van der Waals surface area contributed by atoms with Crippen molar-refractivity contribution in [3.8, 4) is 11.5 Å². The molecule has 2 aromatic rings. The van der Waals surface area contributed by atoms with Crippen molar-refractivity contribution >= 4 is 32.2 Å². The summed E-state index contributed by atoms with van der Waals surface area (Å²) in [5.74, 6) is 1.19. The van der Waals surface area contributed by atoms with E-state index in [1.54, 1.807) is 24.3 Å². The number of hydrogen-bond donors (Lipinski definition) is 1. The molecule has 0 radical (unpaired) electrons. The van der Waals surface area contributed by atoms with Crippen LogP contribution in [-0.4, -0.2) is 27.8 Å². The molecule has 8 heteroatoms. The molecule has 2 aromatic carbocycles. The average Bonchev–Trinajstić information content (AvgIpc) is 2.55. The Kier molecular flexibility index (Phi) is 6.44. The van der Waals surface area contributed by atoms with Gasteiger partial charge in [-0.2, -0.15) is 13.5 Å². The molecule has 0 bridgehead atoms. The Morgan fingerprint density at radius 3 is 2.44 bits per heavy atom. The van der Waals surface area contributed by atoms with Crippen molar-refractivity contribution in [1.82, 2.24) is 4.83 Å². The van der Waals surface area contributed by atoms with Gasteiger partial charge in [-0.3, -0.25) is 0 Å². The maximum atomic E-state index is 12.3. The predicted octanol–water partition coefficient (Wildman–Crippen LogP) is 3.56. The van der Waals surface area contributed by atoms with Gasteiger partial charge in [0.15, 0.2) is 0 Å². The Labute approximate surface area is 156 Å². The van der Waals surface area contributed by atoms with Gasteiger partial charge in [0.05, 0.1) is 24.3 Å². The highest BCUT2D eigenvalue weighted by Crippen LogP contribution is 2.21. The summed E-state index contributed by atoms with van der Waals surface area (Å²) in [5.41, 5.74) is 0.639. The first kappa shape index (κ1) is 19.3. The van der Waals surface area contributed by atoms with E-state index in [2.05, 4.69) is 25.9 Å². The number of hydrogen-bond acceptors (Lipinski definition) is 5. The minimum atomic E-state index is -3.76. The fraction of sp³-hybridized carbons (Fsp3) is 0.235. The number of ether oxygens (including phenoxy) is 2. The van der Waals surface area contributed by atoms with Gasteiger partial charge in [-0.25, -0.2) is 4.83 Å². The van der Waals surface area contributed by atoms with E-state index >= 15 is 0 Å². The fourth-order valence-corrected chi connectivity index (χ4v) is 3.16. The van der Waals surface area contributed by atoms with Gasteiger partial charge in [-0.1, -0.05) is 15.9 Å². The fourth-order valence-electron chi connectivity index (χ4n) is 1.99. The lowest BCUT2D eigenvalue weighted by Crippen LogP contribution is -2.18. The molecular formula is C17H19BrN2O4S. The van der Waals surface area contributed by atoms with Crippen molar-refractivity contribution in [2.24, 2.45) is 5.10 Å². The maximum Gasteiger partial charge on any atom is 0.276 e. The van der Waals surface area contributed by atoms with Gasteiger partial charge in [-0.05, 0) is 56.3 Å². The molecular weight excluding hydrogens is 408 g/mol. The van der Waals surface area contributed by atoms with Crippen LogP contribution in [0.25, 0.3) is 0 Å². The summed E-state index contributed by atoms with van der Waals surface area (Å²) in [6.07, 6.45) is 1.41. The summed E-state index contributed by atoms with van der Waals surface area (Å²) < 4.78 is 36.1. The Bertz CT molecular complexity index is 849. The highest BCUT2D eigenvalue weighted by molar-refractivity contribution is 9.10. The Hall–Kier alpha value is -2.06. The molecule has 6 nitrogen and oxygen atoms in total. The Balaban J connectivity index is 2.12. The molecule has 0 saturated heterocycles. The third-order valence-corrected chi connectivity index (χ3v) is 4.81. The smallest absolute Gasteiger partial charge is 0.276 e. The number of rotatable bonds is 7. The van der Waals surface area contributed by atoms with E-state index < -0.39 is 10.0 Å². The molecule has 1 N–H and O–H groups in total. The van der Waals surface area contributed by atoms with Crippen LogP contribution in [0.5, 0.6) is 11.5 Å². The second kappa shape index (κ2) is 8.35. The molecule has 0 aliphatic carbocycles. The van der Waals surface area contributed by atoms with Crippen molar-refractivity contribution in [3.05, 3.63) is 52.5 Å². The number of hydrazone groups is 1. The second-order valence-electron chi connectivity index (χ2n) is 5.38. The second-order valence-corrected chi connectivity index (χ2v) is 7.95. The van der Waals surface area contributed by atoms with E-state index in [1.807, 2.05) is 19.9 Å². The molecule has 0 spiro atoms. The van der Waals surface area contributed by atoms with Gasteiger partial charge in [-0.15, -0.1) is 0 Å². The number of nitrogens with one attached hydrogen (secondary N) is 1. The molecule has 0 aliphatic rings. The Morgan fingerprint density at radius 2 is 1.84 bits per heavy atom. The lowest BCUT2D eigenvalue weighted by Gasteiger charge is -2.10. The first-order valence-electron chi connectivity index (χ1n) is 7.47. The average molecular weight is 427 g/mol. The van der Waals surface area contributed by atoms with Gasteiger partial charge >= 0.3 is 0 Å². The van der Waals surface area contributed by atoms with Crippen LogP contribution in [0.15, 0.2) is 56.9 Å². The van der Waals surface area contributed by atoms with Crippen LogP contribution in [0.4, 0.5) is 0 Å². The van der Waals surface area contributed by atoms with Crippen molar-refractivity contribution < 1.29 is 17.9 Å². The molecule has 134 valence electrons. The minimum absolute atomic E-state index is 0.0189. The summed E-state index contributed by atoms with van der Waals surface area (Å²) in [5, 5.41) is 3.82. The summed E-state index contributed by atoms with van der Waals surface area (Å²) in [7, 11) is -2.23. The topological polar surface area (TPSA) is 77.0 Å². The number of halogens is 1. The molecule has 0 atom stereocenters. The van der Waals surface area contributed by atoms with Crippen LogP contribution < -0.4 is 14.3 Å². The molecule has 0 unspecified atom stereocenters. The summed E-state index contributed by atoms with van der Waals surface area (Å²) in [6, 6.07) is 11.5. The standard InChI is InChI=1S/C17H19BrN2O4S/c1-12(2)24-15-5-7-16(8-6-15)25(21,22)20-19-11-13-10-14(18)4-9-17(13)23-3/h4-12,20H,1-3H3/b19-11+. The zero-order chi connectivity index (χ0) is 18.4. The molecule has 0 amide bonds. The number of benzene rings is 2. The van der Waals surface area contributed by atoms with Crippen LogP contribution in [0.3, 0.4) is 0 Å². The molecule has 0 aliphatic heterocycles. The van der Waals surface area contributed by atoms with E-state index in [0.29, 0.717) is 17.1 Å². The largest absolute Gasteiger partial charge is 0.496 e. The van der Waals surface area contributed by atoms with Crippen LogP contribution in [0.1, 0.15) is 19.4 Å². The quantitative estimate of drug-likeness (QED) is 0.542. The molecule has 0 heterocycles. The van der Waals surface area contributed by atoms with Crippen LogP contribution >= 0.6 is 15.9 Å². The maximum absolute atomic E-state index is 12.3. The van der Waals surface area contributed by atoms with Gasteiger partial charge in [0.2, 0.25) is 0 Å². The van der Waals surface area contributed by atoms with E-state index in [1.165, 1.54) is 25.5 Å². The SMILES string of the molecule is COc1ccc(Br)cc1/C=N/NS(=O)(=O)c1ccc(OC(C)C)cc1. The zero-order valence-corrected chi connectivity index (χ0v) is 16.5. The minimum Gasteiger partial charge on any atom is -0.496 e. The molecule has 0 saturated carbocycles. The number of nitrogens with zero attached hydrogens (tertiary/aromatic N) is 1. The van der Waals surface area contributed by atoms with E-state index in [9.17, 15) is 8.42 Å². The van der Waals surface area contributed by atoms with Crippen LogP contribution in [0.2, 0.25) is 0 Å². The van der Waals surface area contributed by atoms with E-state index in [-0.39, 0.29) is 11.0 Å². The molecule has 2 rings (SSSR count). The summed E-state index contributed by atoms with van der Waals surface area (Å²) in [4.78, 5) is 2.28. The monoisotopic (exact) mass is 426 g/mol. The zero-order valence-electron chi connectivity index (χ0n) is 14.1. The number of methoxy groups -OCH3 is 1. The molecule has 0 aromatic heterocycles. The van der Waals surface area contributed by atoms with Crippen molar-refractivity contribution in [3.63, 3.8) is 0 Å². The molecule has 0 fully saturated rings. The van der Waals surface area contributed by atoms with Crippen molar-refractivity contribution in [2.75, 3.05) is 7.11 Å². The van der Waals surface area contributed by atoms with E-state index in [4.69, 9.17) is 9.47 Å². The van der Waals surface area contributed by atoms with Gasteiger partial charge in [0.25, 0.3) is 10.0 Å². The van der Waals surface area contributed by atoms with E-state index in [0.717, 1.165) is 4.47 Å². The van der Waals surface area contributed by atoms with Crippen LogP contribution in [-0.2, 0) is 10.0 Å². The van der Waals surface area contributed by atoms with Crippen LogP contribution in [0, 0.1) is 0 Å². The van der Waals surface area contributed by atoms with Crippen molar-refractivity contribution in [1.29, 1.82) is 0 Å². The number of sulfonamides is 1. The first-order valence-corrected chi connectivity index (χ1v) is 9.74. The van der Waals surface area contributed by atoms with Gasteiger partial charge in [0.1, 0.15) is 11.5 Å². The first-order chi connectivity index (χ1) is 11.8. The summed E-state index contributed by atoms with van der Waals surface area (Å²) >= 11 is 3.35. The highest BCUT2D eigenvalue weighted by atomic mass is 79.9. The normalized spacial score (nSPS) is 11.7. The Morgan fingerprint density at radius 1 is 1.16 bits per heavy atom. The van der Waals surface area contributed by atoms with Gasteiger partial charge < -0.3 is 9.47 Å².